The van der Waals surface area contributed by atoms with Crippen LogP contribution in [0.5, 0.6) is 0 Å². The summed E-state index contributed by atoms with van der Waals surface area (Å²) in [6.45, 7) is 4.77. The number of hydrogen-bond acceptors (Lipinski definition) is 4. The number of hydrogen-bond donors (Lipinski definition) is 3. The van der Waals surface area contributed by atoms with Gasteiger partial charge in [0, 0.05) is 19.1 Å². The number of nitrogens with zero attached hydrogens (tertiary/aromatic N) is 2. The van der Waals surface area contributed by atoms with Crippen LogP contribution in [0.4, 0.5) is 4.79 Å². The van der Waals surface area contributed by atoms with Gasteiger partial charge in [-0.15, -0.1) is 0 Å². The van der Waals surface area contributed by atoms with Crippen molar-refractivity contribution in [3.05, 3.63) is 0 Å². The summed E-state index contributed by atoms with van der Waals surface area (Å²) in [5.41, 5.74) is 0. The molecular weight excluding hydrogens is 254 g/mol. The van der Waals surface area contributed by atoms with Gasteiger partial charge >= 0.3 is 6.03 Å². The maximum atomic E-state index is 12.0. The van der Waals surface area contributed by atoms with Crippen molar-refractivity contribution in [1.82, 2.24) is 25.8 Å². The number of amides is 2. The van der Waals surface area contributed by atoms with Crippen LogP contribution in [0.15, 0.2) is 0 Å². The van der Waals surface area contributed by atoms with Gasteiger partial charge in [0.1, 0.15) is 0 Å². The van der Waals surface area contributed by atoms with E-state index in [4.69, 9.17) is 0 Å². The molecule has 0 aromatic carbocycles. The second kappa shape index (κ2) is 7.24. The van der Waals surface area contributed by atoms with E-state index in [1.165, 1.54) is 19.3 Å². The number of carbonyl (C=O) groups excluding carboxylic acids is 1. The Morgan fingerprint density at radius 3 is 2.20 bits per heavy atom. The molecule has 1 aliphatic carbocycles. The summed E-state index contributed by atoms with van der Waals surface area (Å²) < 4.78 is 0. The highest BCUT2D eigenvalue weighted by Gasteiger charge is 2.29. The van der Waals surface area contributed by atoms with Crippen molar-refractivity contribution >= 4 is 6.03 Å². The minimum absolute atomic E-state index is 0. The van der Waals surface area contributed by atoms with Crippen LogP contribution in [0.25, 0.3) is 0 Å². The molecule has 2 unspecified atom stereocenters. The van der Waals surface area contributed by atoms with E-state index in [-0.39, 0.29) is 19.5 Å². The Labute approximate surface area is 122 Å². The first-order valence-electron chi connectivity index (χ1n) is 7.52. The van der Waals surface area contributed by atoms with E-state index >= 15 is 0 Å². The van der Waals surface area contributed by atoms with E-state index < -0.39 is 0 Å². The summed E-state index contributed by atoms with van der Waals surface area (Å²) in [4.78, 5) is 16.7. The first kappa shape index (κ1) is 15.5. The van der Waals surface area contributed by atoms with Gasteiger partial charge in [-0.25, -0.2) is 4.79 Å². The molecule has 2 saturated heterocycles. The van der Waals surface area contributed by atoms with Crippen LogP contribution in [-0.2, 0) is 0 Å². The SMILES string of the molecule is C.O=C(NC1CCCCC1)NC1CN2CNCN(C1)C2. The fourth-order valence-electron chi connectivity index (χ4n) is 3.43. The van der Waals surface area contributed by atoms with Gasteiger partial charge < -0.3 is 10.6 Å². The molecule has 3 fully saturated rings. The number of nitrogens with one attached hydrogen (secondary N) is 3. The van der Waals surface area contributed by atoms with Gasteiger partial charge in [-0.05, 0) is 12.8 Å². The fraction of sp³-hybridized carbons (Fsp3) is 0.929. The van der Waals surface area contributed by atoms with Crippen LogP contribution >= 0.6 is 0 Å². The second-order valence-corrected chi connectivity index (χ2v) is 6.06. The lowest BCUT2D eigenvalue weighted by atomic mass is 9.96. The highest BCUT2D eigenvalue weighted by molar-refractivity contribution is 5.74. The zero-order valence-corrected chi connectivity index (χ0v) is 11.5. The standard InChI is InChI=1S/C13H25N5O.CH4/c19-13(15-11-4-2-1-3-5-11)16-12-6-17-8-14-9-18(7-12)10-17;/h11-12,14H,1-10H2,(H2,15,16,19);1H4. The molecule has 0 spiro atoms. The van der Waals surface area contributed by atoms with E-state index in [2.05, 4.69) is 25.8 Å². The Morgan fingerprint density at radius 2 is 1.55 bits per heavy atom. The maximum absolute atomic E-state index is 12.0. The molecule has 2 bridgehead atoms. The van der Waals surface area contributed by atoms with Crippen molar-refractivity contribution in [2.75, 3.05) is 33.1 Å². The minimum Gasteiger partial charge on any atom is -0.335 e. The Balaban J connectivity index is 0.00000147. The van der Waals surface area contributed by atoms with Crippen LogP contribution in [0, 0.1) is 0 Å². The number of urea groups is 1. The predicted octanol–water partition coefficient (Wildman–Crippen LogP) is 0.716. The lowest BCUT2D eigenvalue weighted by Crippen LogP contribution is -2.65. The topological polar surface area (TPSA) is 59.6 Å². The molecule has 6 nitrogen and oxygen atoms in total. The second-order valence-electron chi connectivity index (χ2n) is 6.06. The first-order valence-corrected chi connectivity index (χ1v) is 7.52. The monoisotopic (exact) mass is 283 g/mol. The number of fused-ring (bicyclic) bond motifs is 2. The summed E-state index contributed by atoms with van der Waals surface area (Å²) in [6.07, 6.45) is 6.10. The highest BCUT2D eigenvalue weighted by Crippen LogP contribution is 2.17. The van der Waals surface area contributed by atoms with Crippen molar-refractivity contribution in [2.45, 2.75) is 51.6 Å². The van der Waals surface area contributed by atoms with Crippen LogP contribution in [0.1, 0.15) is 39.5 Å². The molecule has 20 heavy (non-hydrogen) atoms. The van der Waals surface area contributed by atoms with E-state index in [0.717, 1.165) is 45.9 Å². The van der Waals surface area contributed by atoms with Gasteiger partial charge in [0.15, 0.2) is 0 Å². The first-order chi connectivity index (χ1) is 9.29. The zero-order chi connectivity index (χ0) is 13.1. The molecule has 3 N–H and O–H groups in total. The molecule has 116 valence electrons. The average molecular weight is 283 g/mol. The third-order valence-corrected chi connectivity index (χ3v) is 4.30. The van der Waals surface area contributed by atoms with Crippen molar-refractivity contribution in [3.63, 3.8) is 0 Å². The third kappa shape index (κ3) is 4.07. The van der Waals surface area contributed by atoms with E-state index in [0.29, 0.717) is 6.04 Å². The summed E-state index contributed by atoms with van der Waals surface area (Å²) in [5, 5.41) is 9.61. The van der Waals surface area contributed by atoms with Crippen LogP contribution in [-0.4, -0.2) is 61.0 Å². The Hall–Kier alpha value is -0.850. The summed E-state index contributed by atoms with van der Waals surface area (Å²) in [6, 6.07) is 0.658. The molecule has 0 aromatic rings. The van der Waals surface area contributed by atoms with E-state index in [1.807, 2.05) is 0 Å². The van der Waals surface area contributed by atoms with Gasteiger partial charge in [-0.2, -0.15) is 0 Å². The van der Waals surface area contributed by atoms with Crippen LogP contribution in [0.3, 0.4) is 0 Å². The maximum Gasteiger partial charge on any atom is 0.315 e. The smallest absolute Gasteiger partial charge is 0.315 e. The molecule has 3 aliphatic rings. The summed E-state index contributed by atoms with van der Waals surface area (Å²) in [7, 11) is 0. The van der Waals surface area contributed by atoms with Crippen LogP contribution in [0.2, 0.25) is 0 Å². The molecule has 2 atom stereocenters. The molecule has 0 aromatic heterocycles. The molecule has 3 rings (SSSR count). The lowest BCUT2D eigenvalue weighted by molar-refractivity contribution is 0.0120. The van der Waals surface area contributed by atoms with Crippen molar-refractivity contribution in [3.8, 4) is 0 Å². The highest BCUT2D eigenvalue weighted by atomic mass is 16.2. The summed E-state index contributed by atoms with van der Waals surface area (Å²) >= 11 is 0. The van der Waals surface area contributed by atoms with Gasteiger partial charge in [0.25, 0.3) is 0 Å². The number of carbonyl (C=O) groups is 1. The van der Waals surface area contributed by atoms with Gasteiger partial charge in [-0.3, -0.25) is 15.1 Å². The average Bonchev–Trinajstić information content (AvgIpc) is 2.39. The molecule has 2 aliphatic heterocycles. The number of rotatable bonds is 2. The van der Waals surface area contributed by atoms with Crippen molar-refractivity contribution < 1.29 is 4.79 Å². The Morgan fingerprint density at radius 1 is 0.950 bits per heavy atom. The Bertz CT molecular complexity index is 307. The van der Waals surface area contributed by atoms with Crippen molar-refractivity contribution in [2.24, 2.45) is 0 Å². The molecule has 0 radical (unpaired) electrons. The van der Waals surface area contributed by atoms with Crippen LogP contribution < -0.4 is 16.0 Å². The molecule has 1 saturated carbocycles. The Kier molecular flexibility index (Phi) is 5.63. The summed E-state index contributed by atoms with van der Waals surface area (Å²) in [5.74, 6) is 0. The molecule has 6 heteroatoms. The van der Waals surface area contributed by atoms with Gasteiger partial charge in [0.2, 0.25) is 0 Å². The largest absolute Gasteiger partial charge is 0.335 e. The molecular formula is C14H29N5O. The van der Waals surface area contributed by atoms with E-state index in [1.54, 1.807) is 0 Å². The fourth-order valence-corrected chi connectivity index (χ4v) is 3.43. The van der Waals surface area contributed by atoms with Gasteiger partial charge in [0.05, 0.1) is 26.0 Å². The quantitative estimate of drug-likeness (QED) is 0.699. The predicted molar refractivity (Wildman–Crippen MR) is 80.2 cm³/mol. The van der Waals surface area contributed by atoms with Crippen molar-refractivity contribution in [1.29, 1.82) is 0 Å². The zero-order valence-electron chi connectivity index (χ0n) is 11.5. The van der Waals surface area contributed by atoms with Gasteiger partial charge in [-0.1, -0.05) is 26.7 Å². The molecule has 2 amide bonds. The minimum atomic E-state index is 0. The molecule has 2 heterocycles. The lowest BCUT2D eigenvalue weighted by Gasteiger charge is -2.44. The third-order valence-electron chi connectivity index (χ3n) is 4.30. The van der Waals surface area contributed by atoms with E-state index in [9.17, 15) is 4.79 Å². The normalized spacial score (nSPS) is 33.9.